The van der Waals surface area contributed by atoms with Crippen molar-refractivity contribution in [2.75, 3.05) is 14.2 Å². The van der Waals surface area contributed by atoms with E-state index in [1.807, 2.05) is 36.4 Å². The molecule has 116 valence electrons. The molecule has 23 heavy (non-hydrogen) atoms. The highest BCUT2D eigenvalue weighted by atomic mass is 16.5. The van der Waals surface area contributed by atoms with E-state index in [4.69, 9.17) is 9.47 Å². The van der Waals surface area contributed by atoms with Gasteiger partial charge in [-0.3, -0.25) is 5.10 Å². The summed E-state index contributed by atoms with van der Waals surface area (Å²) in [7, 11) is 3.18. The Balaban J connectivity index is 1.82. The van der Waals surface area contributed by atoms with Gasteiger partial charge in [-0.15, -0.1) is 10.2 Å². The molecule has 3 rings (SSSR count). The maximum atomic E-state index is 5.29. The Morgan fingerprint density at radius 3 is 2.48 bits per heavy atom. The van der Waals surface area contributed by atoms with Gasteiger partial charge in [0.1, 0.15) is 17.2 Å². The summed E-state index contributed by atoms with van der Waals surface area (Å²) in [4.78, 5) is 0. The number of azo groups is 1. The topological polar surface area (TPSA) is 71.9 Å². The molecule has 3 aromatic rings. The van der Waals surface area contributed by atoms with Crippen LogP contribution in [0, 0.1) is 0 Å². The van der Waals surface area contributed by atoms with E-state index in [1.54, 1.807) is 32.4 Å². The summed E-state index contributed by atoms with van der Waals surface area (Å²) in [5.41, 5.74) is 2.54. The summed E-state index contributed by atoms with van der Waals surface area (Å²) < 4.78 is 10.4. The lowest BCUT2D eigenvalue weighted by Gasteiger charge is -2.05. The van der Waals surface area contributed by atoms with Crippen LogP contribution < -0.4 is 9.47 Å². The van der Waals surface area contributed by atoms with Crippen LogP contribution in [0.5, 0.6) is 11.5 Å². The highest BCUT2D eigenvalue weighted by Crippen LogP contribution is 2.32. The standard InChI is InChI=1S/C17H16N4O2/c1-22-13-8-9-14(16(10-13)23-2)18-20-17-11-15(19-21-17)12-6-4-3-5-7-12/h3-11H,1-2H3,(H,19,21). The molecule has 0 amide bonds. The van der Waals surface area contributed by atoms with Crippen molar-refractivity contribution < 1.29 is 9.47 Å². The van der Waals surface area contributed by atoms with Gasteiger partial charge >= 0.3 is 0 Å². The summed E-state index contributed by atoms with van der Waals surface area (Å²) in [6.45, 7) is 0. The minimum Gasteiger partial charge on any atom is -0.497 e. The van der Waals surface area contributed by atoms with Gasteiger partial charge in [-0.1, -0.05) is 30.3 Å². The summed E-state index contributed by atoms with van der Waals surface area (Å²) in [5, 5.41) is 15.4. The lowest BCUT2D eigenvalue weighted by atomic mass is 10.2. The van der Waals surface area contributed by atoms with Crippen molar-refractivity contribution in [2.24, 2.45) is 10.2 Å². The highest BCUT2D eigenvalue weighted by Gasteiger charge is 2.05. The lowest BCUT2D eigenvalue weighted by molar-refractivity contribution is 0.395. The van der Waals surface area contributed by atoms with Gasteiger partial charge in [0.2, 0.25) is 0 Å². The van der Waals surface area contributed by atoms with E-state index in [1.165, 1.54) is 0 Å². The molecular formula is C17H16N4O2. The molecule has 1 N–H and O–H groups in total. The molecule has 0 radical (unpaired) electrons. The molecule has 0 fully saturated rings. The fourth-order valence-electron chi connectivity index (χ4n) is 2.10. The number of hydrogen-bond acceptors (Lipinski definition) is 5. The second kappa shape index (κ2) is 6.74. The molecule has 0 aliphatic carbocycles. The number of ether oxygens (including phenoxy) is 2. The number of hydrogen-bond donors (Lipinski definition) is 1. The smallest absolute Gasteiger partial charge is 0.196 e. The van der Waals surface area contributed by atoms with Crippen LogP contribution in [0.4, 0.5) is 11.5 Å². The van der Waals surface area contributed by atoms with E-state index in [2.05, 4.69) is 20.4 Å². The van der Waals surface area contributed by atoms with E-state index in [0.29, 0.717) is 23.0 Å². The summed E-state index contributed by atoms with van der Waals surface area (Å²) in [6.07, 6.45) is 0. The molecule has 0 bridgehead atoms. The van der Waals surface area contributed by atoms with Gasteiger partial charge in [0.15, 0.2) is 5.82 Å². The zero-order chi connectivity index (χ0) is 16.1. The maximum Gasteiger partial charge on any atom is 0.196 e. The zero-order valence-electron chi connectivity index (χ0n) is 12.9. The highest BCUT2D eigenvalue weighted by molar-refractivity contribution is 5.61. The molecule has 0 spiro atoms. The van der Waals surface area contributed by atoms with Crippen LogP contribution >= 0.6 is 0 Å². The fourth-order valence-corrected chi connectivity index (χ4v) is 2.10. The Kier molecular flexibility index (Phi) is 4.33. The van der Waals surface area contributed by atoms with Gasteiger partial charge in [-0.2, -0.15) is 5.10 Å². The molecule has 0 aliphatic rings. The monoisotopic (exact) mass is 308 g/mol. The second-order valence-corrected chi connectivity index (χ2v) is 4.74. The quantitative estimate of drug-likeness (QED) is 0.705. The molecular weight excluding hydrogens is 292 g/mol. The first kappa shape index (κ1) is 14.8. The summed E-state index contributed by atoms with van der Waals surface area (Å²) in [6, 6.07) is 17.1. The van der Waals surface area contributed by atoms with Gasteiger partial charge in [0.05, 0.1) is 19.9 Å². The van der Waals surface area contributed by atoms with Crippen LogP contribution in [0.2, 0.25) is 0 Å². The third-order valence-electron chi connectivity index (χ3n) is 3.30. The van der Waals surface area contributed by atoms with Gasteiger partial charge in [0.25, 0.3) is 0 Å². The number of nitrogens with zero attached hydrogens (tertiary/aromatic N) is 3. The number of aromatic amines is 1. The molecule has 1 heterocycles. The predicted molar refractivity (Wildman–Crippen MR) is 87.7 cm³/mol. The van der Waals surface area contributed by atoms with Gasteiger partial charge in [-0.05, 0) is 17.7 Å². The SMILES string of the molecule is COc1ccc(N=Nc2cc(-c3ccccc3)[nH]n2)c(OC)c1. The number of benzene rings is 2. The second-order valence-electron chi connectivity index (χ2n) is 4.74. The average Bonchev–Trinajstić information content (AvgIpc) is 3.09. The molecule has 0 saturated heterocycles. The van der Waals surface area contributed by atoms with Crippen molar-refractivity contribution in [1.82, 2.24) is 10.2 Å². The minimum absolute atomic E-state index is 0.502. The Morgan fingerprint density at radius 1 is 0.913 bits per heavy atom. The average molecular weight is 308 g/mol. The normalized spacial score (nSPS) is 10.9. The number of methoxy groups -OCH3 is 2. The van der Waals surface area contributed by atoms with Crippen molar-refractivity contribution in [3.8, 4) is 22.8 Å². The van der Waals surface area contributed by atoms with E-state index >= 15 is 0 Å². The van der Waals surface area contributed by atoms with Crippen molar-refractivity contribution in [1.29, 1.82) is 0 Å². The minimum atomic E-state index is 0.502. The molecule has 6 heteroatoms. The Bertz CT molecular complexity index is 812. The molecule has 6 nitrogen and oxygen atoms in total. The maximum absolute atomic E-state index is 5.29. The van der Waals surface area contributed by atoms with Crippen LogP contribution in [0.15, 0.2) is 64.8 Å². The van der Waals surface area contributed by atoms with Gasteiger partial charge < -0.3 is 9.47 Å². The molecule has 0 saturated carbocycles. The molecule has 0 unspecified atom stereocenters. The van der Waals surface area contributed by atoms with E-state index < -0.39 is 0 Å². The van der Waals surface area contributed by atoms with Crippen molar-refractivity contribution in [2.45, 2.75) is 0 Å². The van der Waals surface area contributed by atoms with Gasteiger partial charge in [-0.25, -0.2) is 0 Å². The Hall–Kier alpha value is -3.15. The third kappa shape index (κ3) is 3.37. The zero-order valence-corrected chi connectivity index (χ0v) is 12.9. The number of H-pyrrole nitrogens is 1. The molecule has 0 aliphatic heterocycles. The van der Waals surface area contributed by atoms with E-state index in [9.17, 15) is 0 Å². The fraction of sp³-hybridized carbons (Fsp3) is 0.118. The first-order chi connectivity index (χ1) is 11.3. The third-order valence-corrected chi connectivity index (χ3v) is 3.30. The Labute approximate surface area is 133 Å². The lowest BCUT2D eigenvalue weighted by Crippen LogP contribution is -1.86. The molecule has 0 atom stereocenters. The van der Waals surface area contributed by atoms with Crippen LogP contribution in [0.1, 0.15) is 0 Å². The number of aromatic nitrogens is 2. The van der Waals surface area contributed by atoms with E-state index in [-0.39, 0.29) is 0 Å². The van der Waals surface area contributed by atoms with Crippen molar-refractivity contribution in [3.63, 3.8) is 0 Å². The summed E-state index contributed by atoms with van der Waals surface area (Å²) >= 11 is 0. The van der Waals surface area contributed by atoms with Crippen LogP contribution in [-0.2, 0) is 0 Å². The first-order valence-electron chi connectivity index (χ1n) is 7.05. The van der Waals surface area contributed by atoms with Crippen LogP contribution in [0.3, 0.4) is 0 Å². The molecule has 1 aromatic heterocycles. The number of rotatable bonds is 5. The largest absolute Gasteiger partial charge is 0.497 e. The van der Waals surface area contributed by atoms with Crippen LogP contribution in [0.25, 0.3) is 11.3 Å². The summed E-state index contributed by atoms with van der Waals surface area (Å²) in [5.74, 6) is 1.79. The van der Waals surface area contributed by atoms with Crippen molar-refractivity contribution >= 4 is 11.5 Å². The van der Waals surface area contributed by atoms with Crippen molar-refractivity contribution in [3.05, 3.63) is 54.6 Å². The van der Waals surface area contributed by atoms with E-state index in [0.717, 1.165) is 11.3 Å². The number of nitrogens with one attached hydrogen (secondary N) is 1. The molecule has 2 aromatic carbocycles. The van der Waals surface area contributed by atoms with Gasteiger partial charge in [0, 0.05) is 12.1 Å². The predicted octanol–water partition coefficient (Wildman–Crippen LogP) is 4.51. The Morgan fingerprint density at radius 2 is 1.74 bits per heavy atom. The first-order valence-corrected chi connectivity index (χ1v) is 7.05. The van der Waals surface area contributed by atoms with Crippen LogP contribution in [-0.4, -0.2) is 24.4 Å².